The maximum atomic E-state index is 5.68. The zero-order valence-electron chi connectivity index (χ0n) is 15.4. The Morgan fingerprint density at radius 3 is 2.63 bits per heavy atom. The van der Waals surface area contributed by atoms with Crippen LogP contribution in [0.2, 0.25) is 0 Å². The zero-order valence-corrected chi connectivity index (χ0v) is 16.2. The van der Waals surface area contributed by atoms with Crippen molar-refractivity contribution >= 4 is 22.7 Å². The number of hydrazone groups is 1. The minimum Gasteiger partial charge on any atom is -0.497 e. The average Bonchev–Trinajstić information content (AvgIpc) is 3.18. The Morgan fingerprint density at radius 2 is 1.93 bits per heavy atom. The second kappa shape index (κ2) is 9.05. The van der Waals surface area contributed by atoms with Crippen LogP contribution < -0.4 is 19.6 Å². The van der Waals surface area contributed by atoms with Crippen molar-refractivity contribution in [2.75, 3.05) is 26.3 Å². The summed E-state index contributed by atoms with van der Waals surface area (Å²) in [6.07, 6.45) is 1.70. The number of nitrogens with one attached hydrogen (secondary N) is 1. The highest BCUT2D eigenvalue weighted by Gasteiger charge is 2.08. The van der Waals surface area contributed by atoms with E-state index in [0.29, 0.717) is 23.2 Å². The van der Waals surface area contributed by atoms with Crippen molar-refractivity contribution in [1.82, 2.24) is 4.98 Å². The highest BCUT2D eigenvalue weighted by atomic mass is 32.1. The molecule has 1 aromatic heterocycles. The second-order valence-corrected chi connectivity index (χ2v) is 6.31. The van der Waals surface area contributed by atoms with E-state index in [0.717, 1.165) is 22.6 Å². The molecule has 0 bridgehead atoms. The Hall–Kier alpha value is -3.06. The van der Waals surface area contributed by atoms with Crippen molar-refractivity contribution in [3.63, 3.8) is 0 Å². The molecule has 0 unspecified atom stereocenters. The van der Waals surface area contributed by atoms with E-state index in [-0.39, 0.29) is 0 Å². The maximum Gasteiger partial charge on any atom is 0.203 e. The lowest BCUT2D eigenvalue weighted by Gasteiger charge is -2.11. The molecule has 0 aliphatic heterocycles. The van der Waals surface area contributed by atoms with Crippen LogP contribution in [0.3, 0.4) is 0 Å². The molecule has 0 aliphatic carbocycles. The third-order valence-electron chi connectivity index (χ3n) is 3.77. The lowest BCUT2D eigenvalue weighted by atomic mass is 10.2. The van der Waals surface area contributed by atoms with Crippen molar-refractivity contribution in [2.45, 2.75) is 6.92 Å². The van der Waals surface area contributed by atoms with Crippen LogP contribution in [0, 0.1) is 0 Å². The van der Waals surface area contributed by atoms with Gasteiger partial charge in [-0.2, -0.15) is 5.10 Å². The second-order valence-electron chi connectivity index (χ2n) is 5.45. The Bertz CT molecular complexity index is 907. The zero-order chi connectivity index (χ0) is 19.1. The summed E-state index contributed by atoms with van der Waals surface area (Å²) in [4.78, 5) is 4.56. The summed E-state index contributed by atoms with van der Waals surface area (Å²) in [6, 6.07) is 13.5. The number of ether oxygens (including phenoxy) is 3. The van der Waals surface area contributed by atoms with E-state index in [9.17, 15) is 0 Å². The number of methoxy groups -OCH3 is 2. The molecule has 7 heteroatoms. The smallest absolute Gasteiger partial charge is 0.203 e. The largest absolute Gasteiger partial charge is 0.497 e. The first kappa shape index (κ1) is 18.7. The topological polar surface area (TPSA) is 65.0 Å². The summed E-state index contributed by atoms with van der Waals surface area (Å²) in [5.74, 6) is 2.17. The number of aromatic nitrogens is 1. The number of hydrogen-bond donors (Lipinski definition) is 1. The van der Waals surface area contributed by atoms with E-state index >= 15 is 0 Å². The van der Waals surface area contributed by atoms with Crippen LogP contribution >= 0.6 is 11.3 Å². The quantitative estimate of drug-likeness (QED) is 0.452. The fourth-order valence-corrected chi connectivity index (χ4v) is 3.14. The lowest BCUT2D eigenvalue weighted by Crippen LogP contribution is -2.00. The van der Waals surface area contributed by atoms with Crippen LogP contribution in [0.15, 0.2) is 52.9 Å². The molecule has 0 saturated carbocycles. The van der Waals surface area contributed by atoms with Crippen molar-refractivity contribution in [1.29, 1.82) is 0 Å². The molecule has 0 spiro atoms. The van der Waals surface area contributed by atoms with Crippen molar-refractivity contribution < 1.29 is 14.2 Å². The van der Waals surface area contributed by atoms with Gasteiger partial charge >= 0.3 is 0 Å². The minimum atomic E-state index is 0.548. The number of hydrogen-bond acceptors (Lipinski definition) is 7. The molecule has 0 radical (unpaired) electrons. The van der Waals surface area contributed by atoms with Crippen LogP contribution in [-0.2, 0) is 0 Å². The molecule has 3 aromatic rings. The molecule has 1 N–H and O–H groups in total. The molecular formula is C20H21N3O3S. The van der Waals surface area contributed by atoms with Gasteiger partial charge in [0.1, 0.15) is 5.75 Å². The van der Waals surface area contributed by atoms with Gasteiger partial charge in [0, 0.05) is 16.5 Å². The summed E-state index contributed by atoms with van der Waals surface area (Å²) in [6.45, 7) is 2.48. The molecule has 27 heavy (non-hydrogen) atoms. The van der Waals surface area contributed by atoms with Gasteiger partial charge < -0.3 is 14.2 Å². The number of nitrogens with zero attached hydrogens (tertiary/aromatic N) is 2. The van der Waals surface area contributed by atoms with E-state index < -0.39 is 0 Å². The van der Waals surface area contributed by atoms with Gasteiger partial charge in [-0.1, -0.05) is 6.07 Å². The van der Waals surface area contributed by atoms with Crippen LogP contribution in [0.5, 0.6) is 17.2 Å². The third kappa shape index (κ3) is 4.57. The Balaban J connectivity index is 1.71. The molecular weight excluding hydrogens is 362 g/mol. The molecule has 2 aromatic carbocycles. The van der Waals surface area contributed by atoms with Gasteiger partial charge in [-0.3, -0.25) is 5.43 Å². The number of para-hydroxylation sites is 1. The monoisotopic (exact) mass is 383 g/mol. The number of benzene rings is 2. The Labute approximate surface area is 162 Å². The van der Waals surface area contributed by atoms with Gasteiger partial charge in [-0.05, 0) is 43.3 Å². The molecule has 1 heterocycles. The van der Waals surface area contributed by atoms with Gasteiger partial charge in [0.05, 0.1) is 32.7 Å². The van der Waals surface area contributed by atoms with Gasteiger partial charge in [-0.15, -0.1) is 11.3 Å². The summed E-state index contributed by atoms with van der Waals surface area (Å²) in [5.41, 5.74) is 5.71. The van der Waals surface area contributed by atoms with Crippen molar-refractivity contribution in [2.24, 2.45) is 5.10 Å². The Morgan fingerprint density at radius 1 is 1.11 bits per heavy atom. The van der Waals surface area contributed by atoms with Gasteiger partial charge in [-0.25, -0.2) is 4.98 Å². The fraction of sp³-hybridized carbons (Fsp3) is 0.200. The van der Waals surface area contributed by atoms with Crippen LogP contribution in [0.4, 0.5) is 5.13 Å². The van der Waals surface area contributed by atoms with E-state index in [1.165, 1.54) is 11.3 Å². The molecule has 0 saturated heterocycles. The molecule has 0 amide bonds. The first-order valence-corrected chi connectivity index (χ1v) is 9.32. The first-order valence-electron chi connectivity index (χ1n) is 8.44. The SMILES string of the molecule is CCOc1c(/C=N\Nc2nc(-c3ccc(OC)cc3)cs2)cccc1OC. The van der Waals surface area contributed by atoms with Gasteiger partial charge in [0.2, 0.25) is 5.13 Å². The molecule has 0 fully saturated rings. The standard InChI is InChI=1S/C20H21N3O3S/c1-4-26-19-15(6-5-7-18(19)25-3)12-21-23-20-22-17(13-27-20)14-8-10-16(24-2)11-9-14/h5-13H,4H2,1-3H3,(H,22,23)/b21-12-. The number of thiazole rings is 1. The lowest BCUT2D eigenvalue weighted by molar-refractivity contribution is 0.310. The van der Waals surface area contributed by atoms with E-state index in [4.69, 9.17) is 14.2 Å². The average molecular weight is 383 g/mol. The molecule has 140 valence electrons. The molecule has 6 nitrogen and oxygen atoms in total. The fourth-order valence-electron chi connectivity index (χ4n) is 2.47. The van der Waals surface area contributed by atoms with Gasteiger partial charge in [0.25, 0.3) is 0 Å². The van der Waals surface area contributed by atoms with Crippen molar-refractivity contribution in [3.8, 4) is 28.5 Å². The predicted molar refractivity (Wildman–Crippen MR) is 109 cm³/mol. The number of rotatable bonds is 8. The van der Waals surface area contributed by atoms with E-state index in [1.54, 1.807) is 20.4 Å². The van der Waals surface area contributed by atoms with Crippen LogP contribution in [-0.4, -0.2) is 32.0 Å². The summed E-state index contributed by atoms with van der Waals surface area (Å²) in [5, 5.41) is 6.97. The molecule has 3 rings (SSSR count). The van der Waals surface area contributed by atoms with E-state index in [2.05, 4.69) is 15.5 Å². The number of anilines is 1. The predicted octanol–water partition coefficient (Wildman–Crippen LogP) is 4.67. The highest BCUT2D eigenvalue weighted by molar-refractivity contribution is 7.14. The van der Waals surface area contributed by atoms with Crippen LogP contribution in [0.25, 0.3) is 11.3 Å². The first-order chi connectivity index (χ1) is 13.2. The third-order valence-corrected chi connectivity index (χ3v) is 4.52. The van der Waals surface area contributed by atoms with Crippen LogP contribution in [0.1, 0.15) is 12.5 Å². The van der Waals surface area contributed by atoms with E-state index in [1.807, 2.05) is 54.8 Å². The molecule has 0 atom stereocenters. The molecule has 0 aliphatic rings. The summed E-state index contributed by atoms with van der Waals surface area (Å²) >= 11 is 1.49. The van der Waals surface area contributed by atoms with Crippen molar-refractivity contribution in [3.05, 3.63) is 53.4 Å². The summed E-state index contributed by atoms with van der Waals surface area (Å²) < 4.78 is 16.2. The summed E-state index contributed by atoms with van der Waals surface area (Å²) in [7, 11) is 3.27. The Kier molecular flexibility index (Phi) is 6.27. The maximum absolute atomic E-state index is 5.68. The minimum absolute atomic E-state index is 0.548. The normalized spacial score (nSPS) is 10.8. The van der Waals surface area contributed by atoms with Gasteiger partial charge in [0.15, 0.2) is 11.5 Å². The highest BCUT2D eigenvalue weighted by Crippen LogP contribution is 2.30.